The van der Waals surface area contributed by atoms with Crippen LogP contribution in [-0.4, -0.2) is 15.7 Å². The van der Waals surface area contributed by atoms with Crippen molar-refractivity contribution in [3.8, 4) is 0 Å². The van der Waals surface area contributed by atoms with Gasteiger partial charge in [-0.15, -0.1) is 0 Å². The van der Waals surface area contributed by atoms with E-state index in [4.69, 9.17) is 0 Å². The van der Waals surface area contributed by atoms with Gasteiger partial charge in [0.25, 0.3) is 0 Å². The smallest absolute Gasteiger partial charge is 0.226 e. The van der Waals surface area contributed by atoms with E-state index in [1.165, 1.54) is 12.1 Å². The lowest BCUT2D eigenvalue weighted by atomic mass is 9.87. The Morgan fingerprint density at radius 2 is 2.10 bits per heavy atom. The first-order chi connectivity index (χ1) is 9.99. The minimum absolute atomic E-state index is 0.0603. The first-order valence-electron chi connectivity index (χ1n) is 6.80. The molecule has 4 nitrogen and oxygen atoms in total. The molecule has 0 fully saturated rings. The molecule has 2 heterocycles. The second-order valence-corrected chi connectivity index (χ2v) is 5.43. The predicted molar refractivity (Wildman–Crippen MR) is 74.1 cm³/mol. The zero-order chi connectivity index (χ0) is 15.1. The molecule has 110 valence electrons. The van der Waals surface area contributed by atoms with Gasteiger partial charge in [0.05, 0.1) is 6.20 Å². The van der Waals surface area contributed by atoms with E-state index in [9.17, 15) is 13.6 Å². The molecule has 1 aliphatic heterocycles. The van der Waals surface area contributed by atoms with E-state index in [0.717, 1.165) is 6.07 Å². The topological polar surface area (TPSA) is 46.9 Å². The molecule has 0 radical (unpaired) electrons. The average molecular weight is 291 g/mol. The summed E-state index contributed by atoms with van der Waals surface area (Å²) in [5, 5.41) is 7.01. The summed E-state index contributed by atoms with van der Waals surface area (Å²) in [6, 6.07) is 4.09. The van der Waals surface area contributed by atoms with Crippen LogP contribution in [-0.2, 0) is 4.79 Å². The van der Waals surface area contributed by atoms with Gasteiger partial charge in [-0.25, -0.2) is 13.5 Å². The van der Waals surface area contributed by atoms with Crippen LogP contribution < -0.4 is 5.32 Å². The standard InChI is InChI=1S/C15H15F2N3O/c1-8(2)20-15-11(7-18-20)10(6-13(21)19-15)9-4-3-5-12(16)14(9)17/h3-5,7-8,10H,6H2,1-2H3,(H,19,21). The number of rotatable bonds is 2. The number of nitrogens with one attached hydrogen (secondary N) is 1. The van der Waals surface area contributed by atoms with Gasteiger partial charge in [0.15, 0.2) is 11.6 Å². The quantitative estimate of drug-likeness (QED) is 0.923. The molecule has 1 aromatic carbocycles. The lowest BCUT2D eigenvalue weighted by molar-refractivity contribution is -0.116. The van der Waals surface area contributed by atoms with Crippen molar-refractivity contribution in [1.29, 1.82) is 0 Å². The van der Waals surface area contributed by atoms with Gasteiger partial charge in [0.2, 0.25) is 5.91 Å². The molecule has 1 aromatic heterocycles. The van der Waals surface area contributed by atoms with Gasteiger partial charge in [-0.1, -0.05) is 12.1 Å². The number of halogens is 2. The number of carbonyl (C=O) groups excluding carboxylic acids is 1. The Balaban J connectivity index is 2.14. The van der Waals surface area contributed by atoms with Crippen molar-refractivity contribution >= 4 is 11.7 Å². The first kappa shape index (κ1) is 13.7. The molecule has 0 bridgehead atoms. The van der Waals surface area contributed by atoms with Crippen molar-refractivity contribution in [1.82, 2.24) is 9.78 Å². The Labute approximate surface area is 120 Å². The first-order valence-corrected chi connectivity index (χ1v) is 6.80. The molecule has 1 amide bonds. The SMILES string of the molecule is CC(C)n1ncc2c1NC(=O)CC2c1cccc(F)c1F. The zero-order valence-electron chi connectivity index (χ0n) is 11.7. The lowest BCUT2D eigenvalue weighted by Gasteiger charge is -2.24. The summed E-state index contributed by atoms with van der Waals surface area (Å²) in [6.45, 7) is 3.87. The van der Waals surface area contributed by atoms with Crippen LogP contribution in [0.3, 0.4) is 0 Å². The molecular formula is C15H15F2N3O. The van der Waals surface area contributed by atoms with Gasteiger partial charge < -0.3 is 5.32 Å². The third-order valence-electron chi connectivity index (χ3n) is 3.69. The Hall–Kier alpha value is -2.24. The number of hydrogen-bond acceptors (Lipinski definition) is 2. The van der Waals surface area contributed by atoms with Crippen molar-refractivity contribution in [2.75, 3.05) is 5.32 Å². The highest BCUT2D eigenvalue weighted by molar-refractivity contribution is 5.94. The van der Waals surface area contributed by atoms with Crippen LogP contribution in [0, 0.1) is 11.6 Å². The molecule has 2 aromatic rings. The number of benzene rings is 1. The van der Waals surface area contributed by atoms with Crippen LogP contribution in [0.1, 0.15) is 43.4 Å². The fourth-order valence-corrected chi connectivity index (χ4v) is 2.70. The molecule has 1 N–H and O–H groups in total. The summed E-state index contributed by atoms with van der Waals surface area (Å²) in [5.74, 6) is -1.98. The average Bonchev–Trinajstić information content (AvgIpc) is 2.85. The van der Waals surface area contributed by atoms with Crippen molar-refractivity contribution in [3.05, 3.63) is 47.2 Å². The largest absolute Gasteiger partial charge is 0.311 e. The van der Waals surface area contributed by atoms with Crippen molar-refractivity contribution < 1.29 is 13.6 Å². The van der Waals surface area contributed by atoms with Gasteiger partial charge in [-0.2, -0.15) is 5.10 Å². The van der Waals surface area contributed by atoms with E-state index in [2.05, 4.69) is 10.4 Å². The van der Waals surface area contributed by atoms with E-state index < -0.39 is 17.6 Å². The Bertz CT molecular complexity index is 709. The minimum atomic E-state index is -0.906. The number of anilines is 1. The fourth-order valence-electron chi connectivity index (χ4n) is 2.70. The molecule has 1 atom stereocenters. The van der Waals surface area contributed by atoms with Gasteiger partial charge >= 0.3 is 0 Å². The van der Waals surface area contributed by atoms with Crippen LogP contribution in [0.4, 0.5) is 14.6 Å². The number of fused-ring (bicyclic) bond motifs is 1. The van der Waals surface area contributed by atoms with Crippen LogP contribution >= 0.6 is 0 Å². The van der Waals surface area contributed by atoms with E-state index in [-0.39, 0.29) is 23.9 Å². The Morgan fingerprint density at radius 1 is 1.33 bits per heavy atom. The van der Waals surface area contributed by atoms with Crippen molar-refractivity contribution in [2.24, 2.45) is 0 Å². The highest BCUT2D eigenvalue weighted by Crippen LogP contribution is 2.39. The molecular weight excluding hydrogens is 276 g/mol. The van der Waals surface area contributed by atoms with Crippen LogP contribution in [0.5, 0.6) is 0 Å². The van der Waals surface area contributed by atoms with Crippen molar-refractivity contribution in [3.63, 3.8) is 0 Å². The fraction of sp³-hybridized carbons (Fsp3) is 0.333. The Morgan fingerprint density at radius 3 is 2.81 bits per heavy atom. The van der Waals surface area contributed by atoms with Gasteiger partial charge in [-0.3, -0.25) is 4.79 Å². The van der Waals surface area contributed by atoms with Gasteiger partial charge in [-0.05, 0) is 25.5 Å². The van der Waals surface area contributed by atoms with Crippen LogP contribution in [0.25, 0.3) is 0 Å². The summed E-state index contributed by atoms with van der Waals surface area (Å²) < 4.78 is 29.2. The van der Waals surface area contributed by atoms with Crippen molar-refractivity contribution in [2.45, 2.75) is 32.2 Å². The number of amides is 1. The third kappa shape index (κ3) is 2.20. The third-order valence-corrected chi connectivity index (χ3v) is 3.69. The number of carbonyl (C=O) groups is 1. The summed E-state index contributed by atoms with van der Waals surface area (Å²) in [7, 11) is 0. The maximum absolute atomic E-state index is 14.0. The Kier molecular flexibility index (Phi) is 3.23. The molecule has 0 saturated carbocycles. The normalized spacial score (nSPS) is 17.8. The molecule has 0 spiro atoms. The predicted octanol–water partition coefficient (Wildman–Crippen LogP) is 3.22. The van der Waals surface area contributed by atoms with E-state index in [0.29, 0.717) is 11.4 Å². The molecule has 1 aliphatic rings. The molecule has 0 aliphatic carbocycles. The van der Waals surface area contributed by atoms with Crippen LogP contribution in [0.2, 0.25) is 0 Å². The van der Waals surface area contributed by atoms with Crippen LogP contribution in [0.15, 0.2) is 24.4 Å². The minimum Gasteiger partial charge on any atom is -0.311 e. The second-order valence-electron chi connectivity index (χ2n) is 5.43. The highest BCUT2D eigenvalue weighted by Gasteiger charge is 2.32. The molecule has 1 unspecified atom stereocenters. The summed E-state index contributed by atoms with van der Waals surface area (Å²) >= 11 is 0. The molecule has 3 rings (SSSR count). The summed E-state index contributed by atoms with van der Waals surface area (Å²) in [4.78, 5) is 11.9. The number of hydrogen-bond donors (Lipinski definition) is 1. The maximum Gasteiger partial charge on any atom is 0.226 e. The highest BCUT2D eigenvalue weighted by atomic mass is 19.2. The molecule has 0 saturated heterocycles. The van der Waals surface area contributed by atoms with Gasteiger partial charge in [0, 0.05) is 23.9 Å². The van der Waals surface area contributed by atoms with Gasteiger partial charge in [0.1, 0.15) is 5.82 Å². The van der Waals surface area contributed by atoms with E-state index >= 15 is 0 Å². The van der Waals surface area contributed by atoms with E-state index in [1.807, 2.05) is 13.8 Å². The van der Waals surface area contributed by atoms with E-state index in [1.54, 1.807) is 10.9 Å². The zero-order valence-corrected chi connectivity index (χ0v) is 11.7. The summed E-state index contributed by atoms with van der Waals surface area (Å²) in [5.41, 5.74) is 0.905. The maximum atomic E-state index is 14.0. The summed E-state index contributed by atoms with van der Waals surface area (Å²) in [6.07, 6.45) is 1.70. The molecule has 21 heavy (non-hydrogen) atoms. The number of nitrogens with zero attached hydrogens (tertiary/aromatic N) is 2. The second kappa shape index (κ2) is 4.95. The monoisotopic (exact) mass is 291 g/mol. The number of aromatic nitrogens is 2. The molecule has 6 heteroatoms. The lowest BCUT2D eigenvalue weighted by Crippen LogP contribution is -2.25.